The molecule has 1 heterocycles. The molecule has 0 N–H and O–H groups in total. The van der Waals surface area contributed by atoms with Crippen molar-refractivity contribution in [2.75, 3.05) is 19.6 Å². The molecule has 0 aromatic heterocycles. The van der Waals surface area contributed by atoms with Gasteiger partial charge in [-0.1, -0.05) is 35.4 Å². The van der Waals surface area contributed by atoms with E-state index in [1.165, 1.54) is 4.90 Å². The maximum Gasteiger partial charge on any atom is 0.410 e. The van der Waals surface area contributed by atoms with Crippen LogP contribution in [0.3, 0.4) is 0 Å². The van der Waals surface area contributed by atoms with E-state index in [0.29, 0.717) is 19.0 Å². The third kappa shape index (κ3) is 4.95. The number of nitrogens with zero attached hydrogens (tertiary/aromatic N) is 5. The van der Waals surface area contributed by atoms with Gasteiger partial charge >= 0.3 is 6.09 Å². The van der Waals surface area contributed by atoms with Crippen molar-refractivity contribution in [1.82, 2.24) is 9.80 Å². The van der Waals surface area contributed by atoms with Crippen LogP contribution in [0.25, 0.3) is 10.4 Å². The zero-order valence-electron chi connectivity index (χ0n) is 16.6. The number of hydrogen-bond donors (Lipinski definition) is 0. The monoisotopic (exact) mass is 385 g/mol. The van der Waals surface area contributed by atoms with Crippen molar-refractivity contribution in [1.29, 1.82) is 0 Å². The Labute approximate surface area is 165 Å². The van der Waals surface area contributed by atoms with Crippen LogP contribution in [0.1, 0.15) is 45.2 Å². The van der Waals surface area contributed by atoms with E-state index in [9.17, 15) is 9.59 Å². The number of amides is 2. The van der Waals surface area contributed by atoms with E-state index >= 15 is 0 Å². The fourth-order valence-electron chi connectivity index (χ4n) is 3.41. The van der Waals surface area contributed by atoms with Crippen LogP contribution < -0.4 is 0 Å². The first-order valence-electron chi connectivity index (χ1n) is 9.66. The number of carbonyl (C=O) groups is 2. The molecule has 0 unspecified atom stereocenters. The minimum atomic E-state index is -0.954. The van der Waals surface area contributed by atoms with Gasteiger partial charge in [0, 0.05) is 24.5 Å². The number of hydrogen-bond acceptors (Lipinski definition) is 4. The van der Waals surface area contributed by atoms with Crippen LogP contribution in [0.4, 0.5) is 4.79 Å². The lowest BCUT2D eigenvalue weighted by atomic mass is 10.1. The van der Waals surface area contributed by atoms with E-state index in [1.807, 2.05) is 30.3 Å². The van der Waals surface area contributed by atoms with Gasteiger partial charge in [0.2, 0.25) is 5.91 Å². The van der Waals surface area contributed by atoms with E-state index in [1.54, 1.807) is 25.7 Å². The Hall–Kier alpha value is -2.73. The van der Waals surface area contributed by atoms with Crippen LogP contribution >= 0.6 is 0 Å². The Morgan fingerprint density at radius 2 is 1.93 bits per heavy atom. The molecule has 150 valence electrons. The highest BCUT2D eigenvalue weighted by atomic mass is 16.6. The molecule has 8 nitrogen and oxygen atoms in total. The number of carbonyl (C=O) groups excluding carboxylic acids is 2. The second-order valence-electron chi connectivity index (χ2n) is 8.47. The summed E-state index contributed by atoms with van der Waals surface area (Å²) in [6.07, 6.45) is 1.68. The van der Waals surface area contributed by atoms with Gasteiger partial charge in [-0.15, -0.1) is 0 Å². The fraction of sp³-hybridized carbons (Fsp3) is 0.600. The van der Waals surface area contributed by atoms with E-state index in [2.05, 4.69) is 10.0 Å². The largest absolute Gasteiger partial charge is 0.444 e. The first-order valence-corrected chi connectivity index (χ1v) is 9.66. The molecule has 2 atom stereocenters. The molecule has 1 saturated carbocycles. The predicted octanol–water partition coefficient (Wildman–Crippen LogP) is 3.90. The van der Waals surface area contributed by atoms with Gasteiger partial charge in [-0.3, -0.25) is 9.69 Å². The summed E-state index contributed by atoms with van der Waals surface area (Å²) in [5.41, 5.74) is 9.21. The van der Waals surface area contributed by atoms with Crippen molar-refractivity contribution in [3.8, 4) is 0 Å². The van der Waals surface area contributed by atoms with Gasteiger partial charge in [0.05, 0.1) is 6.04 Å². The highest BCUT2D eigenvalue weighted by molar-refractivity contribution is 5.84. The summed E-state index contributed by atoms with van der Waals surface area (Å²) in [4.78, 5) is 32.1. The molecule has 0 bridgehead atoms. The first kappa shape index (κ1) is 20.0. The topological polar surface area (TPSA) is 98.6 Å². The average Bonchev–Trinajstić information content (AvgIpc) is 3.46. The van der Waals surface area contributed by atoms with Crippen molar-refractivity contribution in [2.24, 2.45) is 11.0 Å². The molecular formula is C20H27N5O3. The zero-order chi connectivity index (χ0) is 20.3. The number of rotatable bonds is 4. The minimum Gasteiger partial charge on any atom is -0.444 e. The van der Waals surface area contributed by atoms with Gasteiger partial charge in [-0.25, -0.2) is 4.79 Å². The van der Waals surface area contributed by atoms with Crippen molar-refractivity contribution in [3.05, 3.63) is 46.3 Å². The standard InChI is InChI=1S/C20H27N5O3/c1-20(2,3)28-19(27)25-12-16(22-23-21)18(26)24(11-14-9-10-14)13-17(25)15-7-5-4-6-8-15/h4-8,14,16-17H,9-13H2,1-3H3/t16-,17-/m0/s1. The fourth-order valence-corrected chi connectivity index (χ4v) is 3.41. The quantitative estimate of drug-likeness (QED) is 0.446. The highest BCUT2D eigenvalue weighted by Crippen LogP contribution is 2.33. The number of benzene rings is 1. The molecule has 8 heteroatoms. The Bertz CT molecular complexity index is 766. The molecule has 1 aromatic rings. The molecule has 2 amide bonds. The molecule has 1 aliphatic carbocycles. The van der Waals surface area contributed by atoms with Gasteiger partial charge in [0.15, 0.2) is 0 Å². The summed E-state index contributed by atoms with van der Waals surface area (Å²) in [6, 6.07) is 8.29. The molecule has 2 fully saturated rings. The van der Waals surface area contributed by atoms with E-state index in [0.717, 1.165) is 18.4 Å². The third-order valence-electron chi connectivity index (χ3n) is 4.91. The lowest BCUT2D eigenvalue weighted by Gasteiger charge is -2.33. The van der Waals surface area contributed by atoms with Crippen molar-refractivity contribution >= 4 is 12.0 Å². The SMILES string of the molecule is CC(C)(C)OC(=O)N1C[C@H](N=[N+]=[N-])C(=O)N(CC2CC2)C[C@H]1c1ccccc1. The first-order chi connectivity index (χ1) is 13.3. The maximum absolute atomic E-state index is 13.0. The van der Waals surface area contributed by atoms with Crippen LogP contribution in [0.5, 0.6) is 0 Å². The summed E-state index contributed by atoms with van der Waals surface area (Å²) >= 11 is 0. The lowest BCUT2D eigenvalue weighted by Crippen LogP contribution is -2.43. The third-order valence-corrected chi connectivity index (χ3v) is 4.91. The summed E-state index contributed by atoms with van der Waals surface area (Å²) < 4.78 is 5.60. The van der Waals surface area contributed by atoms with E-state index in [-0.39, 0.29) is 18.5 Å². The normalized spacial score (nSPS) is 23.0. The molecular weight excluding hydrogens is 358 g/mol. The molecule has 0 radical (unpaired) electrons. The van der Waals surface area contributed by atoms with Gasteiger partial charge in [-0.05, 0) is 50.6 Å². The maximum atomic E-state index is 13.0. The molecule has 3 rings (SSSR count). The van der Waals surface area contributed by atoms with Crippen LogP contribution in [0.2, 0.25) is 0 Å². The summed E-state index contributed by atoms with van der Waals surface area (Å²) in [5, 5.41) is 3.70. The summed E-state index contributed by atoms with van der Waals surface area (Å²) in [6.45, 7) is 6.39. The van der Waals surface area contributed by atoms with Crippen molar-refractivity contribution < 1.29 is 14.3 Å². The average molecular weight is 385 g/mol. The van der Waals surface area contributed by atoms with Gasteiger partial charge in [0.25, 0.3) is 0 Å². The van der Waals surface area contributed by atoms with E-state index in [4.69, 9.17) is 10.3 Å². The molecule has 1 saturated heterocycles. The Kier molecular flexibility index (Phi) is 5.79. The van der Waals surface area contributed by atoms with Crippen LogP contribution in [0.15, 0.2) is 35.4 Å². The number of ether oxygens (including phenoxy) is 1. The Morgan fingerprint density at radius 3 is 2.50 bits per heavy atom. The lowest BCUT2D eigenvalue weighted by molar-refractivity contribution is -0.132. The zero-order valence-corrected chi connectivity index (χ0v) is 16.6. The highest BCUT2D eigenvalue weighted by Gasteiger charge is 2.41. The second-order valence-corrected chi connectivity index (χ2v) is 8.47. The molecule has 2 aliphatic rings. The molecule has 28 heavy (non-hydrogen) atoms. The summed E-state index contributed by atoms with van der Waals surface area (Å²) in [7, 11) is 0. The van der Waals surface area contributed by atoms with Gasteiger partial charge in [-0.2, -0.15) is 0 Å². The summed E-state index contributed by atoms with van der Waals surface area (Å²) in [5.74, 6) is 0.261. The minimum absolute atomic E-state index is 0.00145. The number of azide groups is 1. The van der Waals surface area contributed by atoms with Gasteiger partial charge < -0.3 is 9.64 Å². The Balaban J connectivity index is 1.98. The van der Waals surface area contributed by atoms with Crippen LogP contribution in [0, 0.1) is 5.92 Å². The molecule has 1 aromatic carbocycles. The van der Waals surface area contributed by atoms with Crippen molar-refractivity contribution in [2.45, 2.75) is 51.3 Å². The Morgan fingerprint density at radius 1 is 1.25 bits per heavy atom. The van der Waals surface area contributed by atoms with Gasteiger partial charge in [0.1, 0.15) is 11.6 Å². The predicted molar refractivity (Wildman–Crippen MR) is 104 cm³/mol. The van der Waals surface area contributed by atoms with E-state index < -0.39 is 17.7 Å². The van der Waals surface area contributed by atoms with Crippen LogP contribution in [-0.4, -0.2) is 53.1 Å². The molecule has 0 spiro atoms. The smallest absolute Gasteiger partial charge is 0.410 e. The van der Waals surface area contributed by atoms with Crippen molar-refractivity contribution in [3.63, 3.8) is 0 Å². The second kappa shape index (κ2) is 8.10. The molecule has 1 aliphatic heterocycles. The van der Waals surface area contributed by atoms with Crippen LogP contribution in [-0.2, 0) is 9.53 Å².